The average Bonchev–Trinajstić information content (AvgIpc) is 2.91. The first-order chi connectivity index (χ1) is 9.97. The number of hydrogen-bond donors (Lipinski definition) is 1. The van der Waals surface area contributed by atoms with Crippen molar-refractivity contribution in [2.45, 2.75) is 6.92 Å². The van der Waals surface area contributed by atoms with Crippen LogP contribution in [0.1, 0.15) is 5.56 Å². The van der Waals surface area contributed by atoms with Crippen LogP contribution in [0.4, 0.5) is 5.82 Å². The largest absolute Gasteiger partial charge is 0.383 e. The Morgan fingerprint density at radius 1 is 1.24 bits per heavy atom. The van der Waals surface area contributed by atoms with Gasteiger partial charge in [0.2, 0.25) is 0 Å². The van der Waals surface area contributed by atoms with E-state index in [2.05, 4.69) is 68.1 Å². The predicted molar refractivity (Wildman–Crippen MR) is 96.5 cm³/mol. The van der Waals surface area contributed by atoms with Gasteiger partial charge in [-0.1, -0.05) is 29.8 Å². The van der Waals surface area contributed by atoms with Crippen LogP contribution < -0.4 is 5.73 Å². The molecule has 3 rings (SSSR count). The summed E-state index contributed by atoms with van der Waals surface area (Å²) in [5.41, 5.74) is 10.4. The number of aromatic nitrogens is 2. The Balaban J connectivity index is 2.25. The first-order valence-electron chi connectivity index (χ1n) is 6.32. The summed E-state index contributed by atoms with van der Waals surface area (Å²) in [7, 11) is 1.87. The summed E-state index contributed by atoms with van der Waals surface area (Å²) in [5, 5.41) is 4.60. The number of rotatable bonds is 2. The molecule has 2 aromatic heterocycles. The molecule has 0 saturated carbocycles. The van der Waals surface area contributed by atoms with Gasteiger partial charge in [-0.15, -0.1) is 11.3 Å². The van der Waals surface area contributed by atoms with Crippen molar-refractivity contribution in [1.82, 2.24) is 9.78 Å². The smallest absolute Gasteiger partial charge is 0.129 e. The molecule has 0 amide bonds. The molecule has 0 atom stereocenters. The molecule has 0 spiro atoms. The molecule has 6 heteroatoms. The minimum absolute atomic E-state index is 0.677. The van der Waals surface area contributed by atoms with Gasteiger partial charge in [-0.3, -0.25) is 4.68 Å². The molecule has 0 aliphatic rings. The molecule has 108 valence electrons. The highest BCUT2D eigenvalue weighted by atomic mass is 79.9. The molecule has 3 nitrogen and oxygen atoms in total. The van der Waals surface area contributed by atoms with Crippen LogP contribution in [0.3, 0.4) is 0 Å². The van der Waals surface area contributed by atoms with E-state index in [1.165, 1.54) is 5.56 Å². The minimum Gasteiger partial charge on any atom is -0.383 e. The van der Waals surface area contributed by atoms with Crippen molar-refractivity contribution in [3.8, 4) is 21.7 Å². The molecule has 0 aliphatic heterocycles. The number of nitrogen functional groups attached to an aromatic ring is 1. The highest BCUT2D eigenvalue weighted by molar-refractivity contribution is 9.13. The first kappa shape index (κ1) is 14.8. The lowest BCUT2D eigenvalue weighted by Crippen LogP contribution is -1.98. The zero-order valence-electron chi connectivity index (χ0n) is 11.5. The van der Waals surface area contributed by atoms with E-state index < -0.39 is 0 Å². The van der Waals surface area contributed by atoms with Crippen LogP contribution in [0, 0.1) is 6.92 Å². The minimum atomic E-state index is 0.677. The maximum absolute atomic E-state index is 6.25. The number of nitrogens with two attached hydrogens (primary N) is 1. The lowest BCUT2D eigenvalue weighted by Gasteiger charge is -2.04. The second-order valence-corrected chi connectivity index (χ2v) is 8.06. The van der Waals surface area contributed by atoms with E-state index in [-0.39, 0.29) is 0 Å². The molecular weight excluding hydrogens is 414 g/mol. The Kier molecular flexibility index (Phi) is 3.94. The van der Waals surface area contributed by atoms with Crippen LogP contribution in [-0.2, 0) is 7.05 Å². The van der Waals surface area contributed by atoms with E-state index in [1.54, 1.807) is 16.0 Å². The quantitative estimate of drug-likeness (QED) is 0.609. The standard InChI is InChI=1S/C15H13Br2N3S/c1-8-4-3-5-9(6-8)12-13(19-20(2)15(12)18)11-7-10(16)14(17)21-11/h3-7H,18H2,1-2H3. The first-order valence-corrected chi connectivity index (χ1v) is 8.72. The molecule has 2 N–H and O–H groups in total. The van der Waals surface area contributed by atoms with Crippen LogP contribution in [0.25, 0.3) is 21.7 Å². The van der Waals surface area contributed by atoms with Crippen molar-refractivity contribution in [1.29, 1.82) is 0 Å². The molecule has 0 saturated heterocycles. The number of thiophene rings is 1. The van der Waals surface area contributed by atoms with E-state index in [4.69, 9.17) is 5.73 Å². The van der Waals surface area contributed by atoms with Crippen molar-refractivity contribution in [2.24, 2.45) is 7.05 Å². The maximum Gasteiger partial charge on any atom is 0.129 e. The predicted octanol–water partition coefficient (Wildman–Crippen LogP) is 5.23. The van der Waals surface area contributed by atoms with Gasteiger partial charge in [-0.2, -0.15) is 5.10 Å². The lowest BCUT2D eigenvalue weighted by atomic mass is 10.0. The third-order valence-corrected chi connectivity index (χ3v) is 6.54. The van der Waals surface area contributed by atoms with Gasteiger partial charge in [-0.05, 0) is 50.4 Å². The van der Waals surface area contributed by atoms with Crippen LogP contribution in [0.5, 0.6) is 0 Å². The number of benzene rings is 1. The summed E-state index contributed by atoms with van der Waals surface area (Å²) in [5.74, 6) is 0.677. The van der Waals surface area contributed by atoms with Gasteiger partial charge < -0.3 is 5.73 Å². The summed E-state index contributed by atoms with van der Waals surface area (Å²) >= 11 is 8.71. The third-order valence-electron chi connectivity index (χ3n) is 3.28. The van der Waals surface area contributed by atoms with Crippen molar-refractivity contribution in [2.75, 3.05) is 5.73 Å². The van der Waals surface area contributed by atoms with E-state index in [0.29, 0.717) is 5.82 Å². The molecule has 1 aromatic carbocycles. The second-order valence-electron chi connectivity index (χ2n) is 4.83. The van der Waals surface area contributed by atoms with E-state index in [0.717, 1.165) is 30.0 Å². The topological polar surface area (TPSA) is 43.8 Å². The van der Waals surface area contributed by atoms with Crippen molar-refractivity contribution < 1.29 is 0 Å². The zero-order valence-corrected chi connectivity index (χ0v) is 15.5. The molecule has 3 aromatic rings. The third kappa shape index (κ3) is 2.67. The highest BCUT2D eigenvalue weighted by Gasteiger charge is 2.19. The second kappa shape index (κ2) is 5.59. The Bertz CT molecular complexity index is 801. The molecule has 0 bridgehead atoms. The summed E-state index contributed by atoms with van der Waals surface area (Å²) in [6.07, 6.45) is 0. The molecule has 21 heavy (non-hydrogen) atoms. The van der Waals surface area contributed by atoms with Crippen molar-refractivity contribution in [3.05, 3.63) is 44.2 Å². The van der Waals surface area contributed by atoms with Gasteiger partial charge >= 0.3 is 0 Å². The molecule has 0 aliphatic carbocycles. The summed E-state index contributed by atoms with van der Waals surface area (Å²) in [4.78, 5) is 1.08. The Morgan fingerprint density at radius 3 is 2.62 bits per heavy atom. The Morgan fingerprint density at radius 2 is 2.00 bits per heavy atom. The lowest BCUT2D eigenvalue weighted by molar-refractivity contribution is 0.783. The fraction of sp³-hybridized carbons (Fsp3) is 0.133. The van der Waals surface area contributed by atoms with Crippen LogP contribution in [0.15, 0.2) is 38.6 Å². The fourth-order valence-electron chi connectivity index (χ4n) is 2.26. The van der Waals surface area contributed by atoms with Crippen molar-refractivity contribution in [3.63, 3.8) is 0 Å². The summed E-state index contributed by atoms with van der Waals surface area (Å²) < 4.78 is 3.81. The number of nitrogens with zero attached hydrogens (tertiary/aromatic N) is 2. The molecule has 0 radical (unpaired) electrons. The van der Waals surface area contributed by atoms with E-state index in [9.17, 15) is 0 Å². The molecular formula is C15H13Br2N3S. The van der Waals surface area contributed by atoms with E-state index >= 15 is 0 Å². The number of anilines is 1. The van der Waals surface area contributed by atoms with Gasteiger partial charge in [0, 0.05) is 11.5 Å². The average molecular weight is 427 g/mol. The van der Waals surface area contributed by atoms with Gasteiger partial charge in [0.15, 0.2) is 0 Å². The molecule has 0 unspecified atom stereocenters. The van der Waals surface area contributed by atoms with Crippen molar-refractivity contribution >= 4 is 49.0 Å². The normalized spacial score (nSPS) is 11.0. The number of halogens is 2. The SMILES string of the molecule is Cc1cccc(-c2c(-c3cc(Br)c(Br)s3)nn(C)c2N)c1. The van der Waals surface area contributed by atoms with E-state index in [1.807, 2.05) is 13.1 Å². The summed E-state index contributed by atoms with van der Waals surface area (Å²) in [6.45, 7) is 2.08. The van der Waals surface area contributed by atoms with Gasteiger partial charge in [0.25, 0.3) is 0 Å². The van der Waals surface area contributed by atoms with Gasteiger partial charge in [0.05, 0.1) is 14.2 Å². The fourth-order valence-corrected chi connectivity index (χ4v) is 4.28. The monoisotopic (exact) mass is 425 g/mol. The molecule has 2 heterocycles. The van der Waals surface area contributed by atoms with Crippen LogP contribution in [0.2, 0.25) is 0 Å². The Hall–Kier alpha value is -1.11. The molecule has 0 fully saturated rings. The van der Waals surface area contributed by atoms with Crippen LogP contribution >= 0.6 is 43.2 Å². The Labute approximate surface area is 144 Å². The zero-order chi connectivity index (χ0) is 15.1. The van der Waals surface area contributed by atoms with Gasteiger partial charge in [-0.25, -0.2) is 0 Å². The maximum atomic E-state index is 6.25. The number of hydrogen-bond acceptors (Lipinski definition) is 3. The number of aryl methyl sites for hydroxylation is 2. The van der Waals surface area contributed by atoms with Crippen LogP contribution in [-0.4, -0.2) is 9.78 Å². The van der Waals surface area contributed by atoms with Gasteiger partial charge in [0.1, 0.15) is 11.5 Å². The highest BCUT2D eigenvalue weighted by Crippen LogP contribution is 2.43. The summed E-state index contributed by atoms with van der Waals surface area (Å²) in [6, 6.07) is 10.4.